The third-order valence-corrected chi connectivity index (χ3v) is 12.0. The first-order valence-electron chi connectivity index (χ1n) is 14.5. The summed E-state index contributed by atoms with van der Waals surface area (Å²) in [5.41, 5.74) is 1.66. The van der Waals surface area contributed by atoms with Crippen molar-refractivity contribution in [2.24, 2.45) is 40.4 Å². The Kier molecular flexibility index (Phi) is 6.50. The molecule has 0 spiro atoms. The van der Waals surface area contributed by atoms with E-state index in [9.17, 15) is 15.0 Å². The van der Waals surface area contributed by atoms with Crippen molar-refractivity contribution >= 4 is 5.91 Å². The van der Waals surface area contributed by atoms with Crippen molar-refractivity contribution < 1.29 is 15.0 Å². The number of piperidine rings is 1. The van der Waals surface area contributed by atoms with Crippen LogP contribution in [0.3, 0.4) is 0 Å². The van der Waals surface area contributed by atoms with Crippen molar-refractivity contribution in [1.82, 2.24) is 4.90 Å². The molecule has 34 heavy (non-hydrogen) atoms. The number of likely N-dealkylation sites (tertiary alicyclic amines) is 1. The molecule has 0 bridgehead atoms. The molecule has 0 aromatic carbocycles. The Bertz CT molecular complexity index is 814. The van der Waals surface area contributed by atoms with E-state index in [0.29, 0.717) is 48.1 Å². The molecule has 1 unspecified atom stereocenters. The average molecular weight is 472 g/mol. The minimum absolute atomic E-state index is 0.130. The van der Waals surface area contributed by atoms with Crippen LogP contribution in [0.5, 0.6) is 0 Å². The Morgan fingerprint density at radius 3 is 2.53 bits per heavy atom. The molecule has 0 aromatic rings. The van der Waals surface area contributed by atoms with Crippen molar-refractivity contribution in [2.45, 2.75) is 116 Å². The Balaban J connectivity index is 1.25. The molecule has 4 nitrogen and oxygen atoms in total. The van der Waals surface area contributed by atoms with E-state index in [2.05, 4.69) is 26.8 Å². The second kappa shape index (κ2) is 8.91. The van der Waals surface area contributed by atoms with E-state index >= 15 is 0 Å². The Morgan fingerprint density at radius 2 is 1.82 bits per heavy atom. The van der Waals surface area contributed by atoms with E-state index in [1.54, 1.807) is 5.57 Å². The summed E-state index contributed by atoms with van der Waals surface area (Å²) in [5, 5.41) is 20.8. The number of hydrogen-bond donors (Lipinski definition) is 2. The van der Waals surface area contributed by atoms with Gasteiger partial charge in [0, 0.05) is 19.5 Å². The smallest absolute Gasteiger partial charge is 0.222 e. The van der Waals surface area contributed by atoms with Gasteiger partial charge in [-0.25, -0.2) is 0 Å². The number of nitrogens with zero attached hydrogens (tertiary/aromatic N) is 1. The quantitative estimate of drug-likeness (QED) is 0.516. The van der Waals surface area contributed by atoms with Crippen molar-refractivity contribution in [2.75, 3.05) is 13.1 Å². The van der Waals surface area contributed by atoms with Gasteiger partial charge in [0.05, 0.1) is 11.7 Å². The molecular formula is C30H49NO3. The van der Waals surface area contributed by atoms with Crippen LogP contribution in [0.25, 0.3) is 0 Å². The predicted octanol–water partition coefficient (Wildman–Crippen LogP) is 5.72. The first-order chi connectivity index (χ1) is 16.1. The van der Waals surface area contributed by atoms with Gasteiger partial charge in [0.15, 0.2) is 0 Å². The third-order valence-electron chi connectivity index (χ3n) is 12.0. The fourth-order valence-corrected chi connectivity index (χ4v) is 9.69. The number of aliphatic hydroxyl groups excluding tert-OH is 1. The normalized spacial score (nSPS) is 44.5. The summed E-state index contributed by atoms with van der Waals surface area (Å²) in [6.07, 6.45) is 14.8. The maximum atomic E-state index is 13.2. The van der Waals surface area contributed by atoms with Crippen LogP contribution in [0, 0.1) is 40.4 Å². The van der Waals surface area contributed by atoms with Crippen molar-refractivity contribution in [3.05, 3.63) is 11.6 Å². The zero-order valence-corrected chi connectivity index (χ0v) is 22.2. The fourth-order valence-electron chi connectivity index (χ4n) is 9.69. The van der Waals surface area contributed by atoms with Crippen LogP contribution in [0.2, 0.25) is 0 Å². The topological polar surface area (TPSA) is 60.8 Å². The molecule has 0 aromatic heterocycles. The number of carbonyl (C=O) groups excluding carboxylic acids is 1. The van der Waals surface area contributed by atoms with E-state index in [1.807, 2.05) is 11.8 Å². The van der Waals surface area contributed by atoms with E-state index < -0.39 is 5.60 Å². The molecule has 5 rings (SSSR count). The van der Waals surface area contributed by atoms with Gasteiger partial charge in [0.2, 0.25) is 5.91 Å². The molecule has 1 aliphatic heterocycles. The molecule has 192 valence electrons. The highest BCUT2D eigenvalue weighted by molar-refractivity contribution is 5.76. The Labute approximate surface area is 207 Å². The largest absolute Gasteiger partial charge is 0.393 e. The summed E-state index contributed by atoms with van der Waals surface area (Å²) in [4.78, 5) is 15.2. The molecule has 1 heterocycles. The molecule has 2 N–H and O–H groups in total. The van der Waals surface area contributed by atoms with Crippen molar-refractivity contribution in [1.29, 1.82) is 0 Å². The van der Waals surface area contributed by atoms with Gasteiger partial charge in [-0.05, 0) is 111 Å². The van der Waals surface area contributed by atoms with Gasteiger partial charge < -0.3 is 15.1 Å². The zero-order valence-electron chi connectivity index (χ0n) is 22.2. The average Bonchev–Trinajstić information content (AvgIpc) is 3.17. The molecule has 4 aliphatic carbocycles. The first-order valence-corrected chi connectivity index (χ1v) is 14.5. The van der Waals surface area contributed by atoms with Crippen LogP contribution in [-0.2, 0) is 4.79 Å². The maximum absolute atomic E-state index is 13.2. The van der Waals surface area contributed by atoms with Gasteiger partial charge in [0.25, 0.3) is 0 Å². The molecule has 0 radical (unpaired) electrons. The summed E-state index contributed by atoms with van der Waals surface area (Å²) < 4.78 is 0. The highest BCUT2D eigenvalue weighted by Crippen LogP contribution is 2.67. The number of fused-ring (bicyclic) bond motifs is 5. The third kappa shape index (κ3) is 3.99. The standard InChI is InChI=1S/C30H49NO3/c1-5-30(34)14-16-31(17-15-30)27(33)18-20(2)24-8-9-25-23-7-6-21-19-22(32)10-12-28(21,3)26(23)11-13-29(24,25)4/h6,20,22-26,32,34H,5,7-19H2,1-4H3/t20?,22-,23-,24+,25-,26-,28-,29+/m0/s1. The summed E-state index contributed by atoms with van der Waals surface area (Å²) >= 11 is 0. The molecule has 1 saturated heterocycles. The molecule has 1 amide bonds. The highest BCUT2D eigenvalue weighted by atomic mass is 16.3. The van der Waals surface area contributed by atoms with Crippen LogP contribution in [0.1, 0.15) is 105 Å². The van der Waals surface area contributed by atoms with E-state index in [4.69, 9.17) is 0 Å². The minimum atomic E-state index is -0.561. The minimum Gasteiger partial charge on any atom is -0.393 e. The van der Waals surface area contributed by atoms with Crippen LogP contribution in [0.4, 0.5) is 0 Å². The lowest BCUT2D eigenvalue weighted by atomic mass is 9.47. The predicted molar refractivity (Wildman–Crippen MR) is 136 cm³/mol. The van der Waals surface area contributed by atoms with Gasteiger partial charge in [-0.3, -0.25) is 4.79 Å². The van der Waals surface area contributed by atoms with E-state index in [-0.39, 0.29) is 6.10 Å². The van der Waals surface area contributed by atoms with Gasteiger partial charge in [-0.2, -0.15) is 0 Å². The van der Waals surface area contributed by atoms with Gasteiger partial charge in [-0.1, -0.05) is 39.3 Å². The van der Waals surface area contributed by atoms with Crippen LogP contribution >= 0.6 is 0 Å². The van der Waals surface area contributed by atoms with Crippen LogP contribution in [0.15, 0.2) is 11.6 Å². The monoisotopic (exact) mass is 471 g/mol. The molecular weight excluding hydrogens is 422 g/mol. The second-order valence-electron chi connectivity index (χ2n) is 13.5. The number of carbonyl (C=O) groups is 1. The molecule has 4 fully saturated rings. The molecule has 5 aliphatic rings. The van der Waals surface area contributed by atoms with Crippen molar-refractivity contribution in [3.63, 3.8) is 0 Å². The number of amides is 1. The summed E-state index contributed by atoms with van der Waals surface area (Å²) in [7, 11) is 0. The molecule has 4 heteroatoms. The van der Waals surface area contributed by atoms with Crippen LogP contribution in [-0.4, -0.2) is 45.8 Å². The van der Waals surface area contributed by atoms with Gasteiger partial charge >= 0.3 is 0 Å². The summed E-state index contributed by atoms with van der Waals surface area (Å²) in [6, 6.07) is 0. The molecule has 3 saturated carbocycles. The Hall–Kier alpha value is -0.870. The van der Waals surface area contributed by atoms with E-state index in [1.165, 1.54) is 32.1 Å². The van der Waals surface area contributed by atoms with Crippen LogP contribution < -0.4 is 0 Å². The zero-order chi connectivity index (χ0) is 24.3. The van der Waals surface area contributed by atoms with Gasteiger partial charge in [0.1, 0.15) is 0 Å². The SMILES string of the molecule is CCC1(O)CCN(C(=O)CC(C)[C@H]2CC[C@H]3[C@@H]4CC=C5C[C@@H](O)CC[C@]5(C)[C@H]4CC[C@]23C)CC1. The summed E-state index contributed by atoms with van der Waals surface area (Å²) in [6.45, 7) is 10.9. The lowest BCUT2D eigenvalue weighted by molar-refractivity contribution is -0.137. The van der Waals surface area contributed by atoms with E-state index in [0.717, 1.165) is 56.3 Å². The van der Waals surface area contributed by atoms with Crippen molar-refractivity contribution in [3.8, 4) is 0 Å². The lowest BCUT2D eigenvalue weighted by Crippen LogP contribution is -2.51. The summed E-state index contributed by atoms with van der Waals surface area (Å²) in [5.74, 6) is 3.73. The number of allylic oxidation sites excluding steroid dienone is 1. The highest BCUT2D eigenvalue weighted by Gasteiger charge is 2.59. The number of hydrogen-bond acceptors (Lipinski definition) is 3. The second-order valence-corrected chi connectivity index (χ2v) is 13.5. The number of aliphatic hydroxyl groups is 2. The fraction of sp³-hybridized carbons (Fsp3) is 0.900. The molecule has 8 atom stereocenters. The number of rotatable bonds is 4. The first kappa shape index (κ1) is 24.8. The lowest BCUT2D eigenvalue weighted by Gasteiger charge is -2.58. The Morgan fingerprint density at radius 1 is 1.09 bits per heavy atom. The maximum Gasteiger partial charge on any atom is 0.222 e. The van der Waals surface area contributed by atoms with Gasteiger partial charge in [-0.15, -0.1) is 0 Å².